The van der Waals surface area contributed by atoms with Crippen LogP contribution in [0.2, 0.25) is 0 Å². The van der Waals surface area contributed by atoms with Crippen molar-refractivity contribution < 1.29 is 27.5 Å². The Morgan fingerprint density at radius 3 is 2.28 bits per heavy atom. The normalized spacial score (nSPS) is 20.5. The number of benzene rings is 1. The Labute approximate surface area is 231 Å². The third-order valence-electron chi connectivity index (χ3n) is 7.59. The molecule has 2 aliphatic rings. The minimum atomic E-state index is -3.86. The van der Waals surface area contributed by atoms with Gasteiger partial charge < -0.3 is 4.74 Å². The maximum absolute atomic E-state index is 13.7. The van der Waals surface area contributed by atoms with Crippen LogP contribution in [0.25, 0.3) is 0 Å². The van der Waals surface area contributed by atoms with Gasteiger partial charge in [0.1, 0.15) is 11.4 Å². The van der Waals surface area contributed by atoms with Gasteiger partial charge in [0.05, 0.1) is 6.04 Å². The topological polar surface area (TPSA) is 111 Å². The lowest BCUT2D eigenvalue weighted by Gasteiger charge is -2.34. The Morgan fingerprint density at radius 1 is 0.974 bits per heavy atom. The molecule has 0 radical (unpaired) electrons. The molecule has 0 unspecified atom stereocenters. The minimum absolute atomic E-state index is 0.0364. The number of pyridine rings is 1. The van der Waals surface area contributed by atoms with Gasteiger partial charge in [0, 0.05) is 24.7 Å². The largest absolute Gasteiger partial charge is 0.444 e. The third kappa shape index (κ3) is 7.32. The quantitative estimate of drug-likeness (QED) is 0.420. The summed E-state index contributed by atoms with van der Waals surface area (Å²) in [6, 6.07) is 10.5. The summed E-state index contributed by atoms with van der Waals surface area (Å²) in [6.07, 6.45) is 7.51. The van der Waals surface area contributed by atoms with E-state index in [-0.39, 0.29) is 28.7 Å². The summed E-state index contributed by atoms with van der Waals surface area (Å²) in [5.41, 5.74) is 0.310. The fourth-order valence-electron chi connectivity index (χ4n) is 5.79. The van der Waals surface area contributed by atoms with Crippen molar-refractivity contribution in [3.05, 3.63) is 59.8 Å². The number of carbonyl (C=O) groups excluding carboxylic acids is 3. The van der Waals surface area contributed by atoms with Gasteiger partial charge in [0.15, 0.2) is 16.6 Å². The van der Waals surface area contributed by atoms with E-state index < -0.39 is 39.1 Å². The Kier molecular flexibility index (Phi) is 8.89. The van der Waals surface area contributed by atoms with Crippen LogP contribution >= 0.6 is 0 Å². The average Bonchev–Trinajstić information content (AvgIpc) is 3.35. The van der Waals surface area contributed by atoms with E-state index in [9.17, 15) is 22.8 Å². The van der Waals surface area contributed by atoms with E-state index in [1.807, 2.05) is 20.8 Å². The molecule has 2 fully saturated rings. The van der Waals surface area contributed by atoms with Crippen molar-refractivity contribution >= 4 is 27.5 Å². The predicted octanol–water partition coefficient (Wildman–Crippen LogP) is 5.06. The van der Waals surface area contributed by atoms with Crippen molar-refractivity contribution in [2.45, 2.75) is 82.4 Å². The maximum atomic E-state index is 13.7. The molecule has 8 nitrogen and oxygen atoms in total. The predicted molar refractivity (Wildman–Crippen MR) is 147 cm³/mol. The second kappa shape index (κ2) is 12.0. The molecule has 2 aromatic rings. The first-order valence-electron chi connectivity index (χ1n) is 13.7. The number of Topliss-reactive ketones (excluding diaryl/α,β-unsaturated/α-hetero) is 2. The lowest BCUT2D eigenvalue weighted by molar-refractivity contribution is -0.124. The van der Waals surface area contributed by atoms with Gasteiger partial charge in [-0.05, 0) is 56.7 Å². The highest BCUT2D eigenvalue weighted by molar-refractivity contribution is 7.92. The van der Waals surface area contributed by atoms with Crippen LogP contribution in [0.4, 0.5) is 4.79 Å². The second-order valence-corrected chi connectivity index (χ2v) is 13.6. The average molecular weight is 555 g/mol. The van der Waals surface area contributed by atoms with Gasteiger partial charge in [-0.3, -0.25) is 14.5 Å². The molecule has 1 saturated carbocycles. The number of ketones is 2. The number of hydrogen-bond acceptors (Lipinski definition) is 7. The Hall–Kier alpha value is -3.07. The molecule has 9 heteroatoms. The smallest absolute Gasteiger partial charge is 0.410 e. The summed E-state index contributed by atoms with van der Waals surface area (Å²) in [6.45, 7) is 5.97. The first kappa shape index (κ1) is 28.9. The third-order valence-corrected chi connectivity index (χ3v) is 9.11. The summed E-state index contributed by atoms with van der Waals surface area (Å²) in [5, 5.41) is -0.140. The zero-order valence-corrected chi connectivity index (χ0v) is 23.8. The Morgan fingerprint density at radius 2 is 1.67 bits per heavy atom. The van der Waals surface area contributed by atoms with Gasteiger partial charge >= 0.3 is 6.09 Å². The molecule has 1 aliphatic heterocycles. The number of nitrogens with zero attached hydrogens (tertiary/aromatic N) is 2. The van der Waals surface area contributed by atoms with Crippen LogP contribution < -0.4 is 0 Å². The van der Waals surface area contributed by atoms with E-state index in [0.29, 0.717) is 18.0 Å². The molecule has 4 rings (SSSR count). The fraction of sp³-hybridized carbons (Fsp3) is 0.533. The standard InChI is InChI=1S/C30H38N2O6S/c1-30(2,3)38-29(35)32-18-16-24(22-9-5-4-6-10-22)28(32)25(33)19-21-12-14-23(15-13-21)26(34)20-39(36,37)27-11-7-8-17-31-27/h7-8,11-15,17,22,24,28H,4-6,9-10,16,18-20H2,1-3H3/t24-,28-/m0/s1. The van der Waals surface area contributed by atoms with Crippen LogP contribution in [0.15, 0.2) is 53.7 Å². The van der Waals surface area contributed by atoms with Crippen LogP contribution in [-0.4, -0.2) is 59.9 Å². The molecule has 1 aliphatic carbocycles. The number of ether oxygens (including phenoxy) is 1. The molecular weight excluding hydrogens is 516 g/mol. The van der Waals surface area contributed by atoms with E-state index in [1.165, 1.54) is 18.7 Å². The van der Waals surface area contributed by atoms with E-state index in [1.54, 1.807) is 41.3 Å². The lowest BCUT2D eigenvalue weighted by Crippen LogP contribution is -2.47. The summed E-state index contributed by atoms with van der Waals surface area (Å²) in [5.74, 6) is -0.726. The number of carbonyl (C=O) groups is 3. The highest BCUT2D eigenvalue weighted by Crippen LogP contribution is 2.40. The van der Waals surface area contributed by atoms with E-state index in [4.69, 9.17) is 4.74 Å². The van der Waals surface area contributed by atoms with Gasteiger partial charge in [0.25, 0.3) is 0 Å². The van der Waals surface area contributed by atoms with E-state index >= 15 is 0 Å². The molecule has 1 saturated heterocycles. The molecule has 2 atom stereocenters. The van der Waals surface area contributed by atoms with Crippen LogP contribution in [0.5, 0.6) is 0 Å². The number of rotatable bonds is 8. The summed E-state index contributed by atoms with van der Waals surface area (Å²) >= 11 is 0. The highest BCUT2D eigenvalue weighted by Gasteiger charge is 2.46. The van der Waals surface area contributed by atoms with Crippen molar-refractivity contribution in [1.29, 1.82) is 0 Å². The fourth-order valence-corrected chi connectivity index (χ4v) is 6.95. The number of likely N-dealkylation sites (tertiary alicyclic amines) is 1. The van der Waals surface area contributed by atoms with Crippen molar-refractivity contribution in [3.63, 3.8) is 0 Å². The molecular formula is C30H38N2O6S. The summed E-state index contributed by atoms with van der Waals surface area (Å²) < 4.78 is 30.7. The van der Waals surface area contributed by atoms with E-state index in [0.717, 1.165) is 32.1 Å². The molecule has 0 spiro atoms. The van der Waals surface area contributed by atoms with Crippen molar-refractivity contribution in [3.8, 4) is 0 Å². The minimum Gasteiger partial charge on any atom is -0.444 e. The van der Waals surface area contributed by atoms with Gasteiger partial charge in [-0.1, -0.05) is 62.4 Å². The molecule has 1 aromatic carbocycles. The number of aromatic nitrogens is 1. The Bertz CT molecular complexity index is 1280. The summed E-state index contributed by atoms with van der Waals surface area (Å²) in [4.78, 5) is 44.9. The number of sulfone groups is 1. The molecule has 1 aromatic heterocycles. The zero-order chi connectivity index (χ0) is 28.2. The van der Waals surface area contributed by atoms with Crippen molar-refractivity contribution in [2.75, 3.05) is 12.3 Å². The second-order valence-electron chi connectivity index (χ2n) is 11.7. The molecule has 39 heavy (non-hydrogen) atoms. The van der Waals surface area contributed by atoms with Crippen LogP contribution in [0, 0.1) is 11.8 Å². The van der Waals surface area contributed by atoms with E-state index in [2.05, 4.69) is 4.98 Å². The number of amides is 1. The number of hydrogen-bond donors (Lipinski definition) is 0. The monoisotopic (exact) mass is 554 g/mol. The first-order chi connectivity index (χ1) is 18.4. The molecule has 0 bridgehead atoms. The van der Waals surface area contributed by atoms with Gasteiger partial charge in [-0.15, -0.1) is 0 Å². The van der Waals surface area contributed by atoms with Gasteiger partial charge in [-0.25, -0.2) is 18.2 Å². The molecule has 210 valence electrons. The van der Waals surface area contributed by atoms with Crippen LogP contribution in [0.3, 0.4) is 0 Å². The zero-order valence-electron chi connectivity index (χ0n) is 23.0. The highest BCUT2D eigenvalue weighted by atomic mass is 32.2. The molecule has 2 heterocycles. The summed E-state index contributed by atoms with van der Waals surface area (Å²) in [7, 11) is -3.86. The van der Waals surface area contributed by atoms with Crippen LogP contribution in [0.1, 0.15) is 75.2 Å². The first-order valence-corrected chi connectivity index (χ1v) is 15.4. The SMILES string of the molecule is CC(C)(C)OC(=O)N1CC[C@@H](C2CCCCC2)[C@H]1C(=O)Cc1ccc(C(=O)CS(=O)(=O)c2ccccn2)cc1. The maximum Gasteiger partial charge on any atom is 0.410 e. The lowest BCUT2D eigenvalue weighted by atomic mass is 9.75. The Balaban J connectivity index is 1.47. The van der Waals surface area contributed by atoms with Crippen molar-refractivity contribution in [1.82, 2.24) is 9.88 Å². The van der Waals surface area contributed by atoms with Crippen LogP contribution in [-0.2, 0) is 25.8 Å². The molecule has 1 amide bonds. The molecule has 0 N–H and O–H groups in total. The van der Waals surface area contributed by atoms with Gasteiger partial charge in [0.2, 0.25) is 9.84 Å². The van der Waals surface area contributed by atoms with Crippen molar-refractivity contribution in [2.24, 2.45) is 11.8 Å². The van der Waals surface area contributed by atoms with Gasteiger partial charge in [-0.2, -0.15) is 0 Å².